The summed E-state index contributed by atoms with van der Waals surface area (Å²) < 4.78 is 24.0. The number of hydrogen-bond acceptors (Lipinski definition) is 4. The molecule has 0 fully saturated rings. The van der Waals surface area contributed by atoms with Gasteiger partial charge in [0.2, 0.25) is 5.78 Å². The molecule has 3 aromatic rings. The Balaban J connectivity index is 1.62. The molecule has 0 heterocycles. The zero-order chi connectivity index (χ0) is 19.9. The molecule has 0 N–H and O–H groups in total. The predicted octanol–water partition coefficient (Wildman–Crippen LogP) is 4.83. The monoisotopic (exact) mass is 378 g/mol. The Morgan fingerprint density at radius 1 is 0.893 bits per heavy atom. The average Bonchev–Trinajstić information content (AvgIpc) is 2.73. The summed E-state index contributed by atoms with van der Waals surface area (Å²) in [7, 11) is 0. The molecule has 142 valence electrons. The summed E-state index contributed by atoms with van der Waals surface area (Å²) in [6, 6.07) is 21.3. The van der Waals surface area contributed by atoms with Gasteiger partial charge in [-0.25, -0.2) is 9.18 Å². The van der Waals surface area contributed by atoms with Crippen molar-refractivity contribution in [3.63, 3.8) is 0 Å². The molecule has 1 atom stereocenters. The van der Waals surface area contributed by atoms with Crippen LogP contribution in [0.1, 0.15) is 33.2 Å². The third-order valence-corrected chi connectivity index (χ3v) is 4.10. The van der Waals surface area contributed by atoms with E-state index in [2.05, 4.69) is 0 Å². The van der Waals surface area contributed by atoms with E-state index in [4.69, 9.17) is 9.47 Å². The summed E-state index contributed by atoms with van der Waals surface area (Å²) in [5, 5.41) is 0. The van der Waals surface area contributed by atoms with Crippen LogP contribution in [0.3, 0.4) is 0 Å². The van der Waals surface area contributed by atoms with E-state index in [1.54, 1.807) is 24.3 Å². The third kappa shape index (κ3) is 5.04. The van der Waals surface area contributed by atoms with Crippen molar-refractivity contribution in [2.75, 3.05) is 0 Å². The Hall–Kier alpha value is -3.47. The van der Waals surface area contributed by atoms with Crippen molar-refractivity contribution in [3.05, 3.63) is 101 Å². The molecule has 3 rings (SSSR count). The number of ether oxygens (including phenoxy) is 2. The lowest BCUT2D eigenvalue weighted by molar-refractivity contribution is 0.0318. The molecule has 0 spiro atoms. The Bertz CT molecular complexity index is 952. The van der Waals surface area contributed by atoms with Gasteiger partial charge in [-0.3, -0.25) is 4.79 Å². The molecule has 0 aliphatic carbocycles. The fourth-order valence-electron chi connectivity index (χ4n) is 2.58. The largest absolute Gasteiger partial charge is 0.489 e. The SMILES string of the molecule is CC(OC(=O)c1cccc(OCc2ccccc2)c1)C(=O)c1ccc(F)cc1. The van der Waals surface area contributed by atoms with E-state index in [-0.39, 0.29) is 11.1 Å². The van der Waals surface area contributed by atoms with Crippen molar-refractivity contribution in [2.24, 2.45) is 0 Å². The standard InChI is InChI=1S/C23H19FO4/c1-16(22(25)18-10-12-20(24)13-11-18)28-23(26)19-8-5-9-21(14-19)27-15-17-6-3-2-4-7-17/h2-14,16H,15H2,1H3. The first kappa shape index (κ1) is 19.3. The summed E-state index contributed by atoms with van der Waals surface area (Å²) in [4.78, 5) is 24.7. The van der Waals surface area contributed by atoms with Crippen LogP contribution in [-0.2, 0) is 11.3 Å². The quantitative estimate of drug-likeness (QED) is 0.436. The molecule has 28 heavy (non-hydrogen) atoms. The number of esters is 1. The average molecular weight is 378 g/mol. The van der Waals surface area contributed by atoms with Crippen LogP contribution >= 0.6 is 0 Å². The Labute approximate surface area is 162 Å². The number of hydrogen-bond donors (Lipinski definition) is 0. The smallest absolute Gasteiger partial charge is 0.338 e. The second-order valence-corrected chi connectivity index (χ2v) is 6.22. The topological polar surface area (TPSA) is 52.6 Å². The molecule has 3 aromatic carbocycles. The molecular formula is C23H19FO4. The molecule has 0 radical (unpaired) electrons. The predicted molar refractivity (Wildman–Crippen MR) is 103 cm³/mol. The molecule has 0 amide bonds. The zero-order valence-electron chi connectivity index (χ0n) is 15.3. The van der Waals surface area contributed by atoms with Gasteiger partial charge in [0.05, 0.1) is 5.56 Å². The van der Waals surface area contributed by atoms with Crippen molar-refractivity contribution in [1.29, 1.82) is 0 Å². The minimum Gasteiger partial charge on any atom is -0.489 e. The highest BCUT2D eigenvalue weighted by Gasteiger charge is 2.20. The summed E-state index contributed by atoms with van der Waals surface area (Å²) >= 11 is 0. The van der Waals surface area contributed by atoms with Gasteiger partial charge in [-0.2, -0.15) is 0 Å². The minimum absolute atomic E-state index is 0.279. The molecule has 0 aliphatic rings. The van der Waals surface area contributed by atoms with Gasteiger partial charge in [0, 0.05) is 5.56 Å². The molecule has 0 aromatic heterocycles. The Morgan fingerprint density at radius 2 is 1.61 bits per heavy atom. The van der Waals surface area contributed by atoms with Crippen LogP contribution < -0.4 is 4.74 Å². The van der Waals surface area contributed by atoms with Crippen LogP contribution in [0.5, 0.6) is 5.75 Å². The fourth-order valence-corrected chi connectivity index (χ4v) is 2.58. The molecule has 5 heteroatoms. The highest BCUT2D eigenvalue weighted by molar-refractivity contribution is 6.01. The summed E-state index contributed by atoms with van der Waals surface area (Å²) in [6.45, 7) is 1.86. The lowest BCUT2D eigenvalue weighted by Gasteiger charge is -2.13. The Morgan fingerprint density at radius 3 is 2.32 bits per heavy atom. The van der Waals surface area contributed by atoms with E-state index in [9.17, 15) is 14.0 Å². The lowest BCUT2D eigenvalue weighted by atomic mass is 10.1. The third-order valence-electron chi connectivity index (χ3n) is 4.10. The normalized spacial score (nSPS) is 11.5. The second kappa shape index (κ2) is 8.95. The summed E-state index contributed by atoms with van der Waals surface area (Å²) in [6.07, 6.45) is -0.994. The van der Waals surface area contributed by atoms with Crippen molar-refractivity contribution >= 4 is 11.8 Å². The van der Waals surface area contributed by atoms with Gasteiger partial charge in [0.1, 0.15) is 18.2 Å². The van der Waals surface area contributed by atoms with Crippen molar-refractivity contribution in [2.45, 2.75) is 19.6 Å². The number of carbonyl (C=O) groups excluding carboxylic acids is 2. The molecule has 0 saturated carbocycles. The van der Waals surface area contributed by atoms with Crippen LogP contribution in [0.25, 0.3) is 0 Å². The van der Waals surface area contributed by atoms with Gasteiger partial charge in [-0.1, -0.05) is 36.4 Å². The second-order valence-electron chi connectivity index (χ2n) is 6.22. The highest BCUT2D eigenvalue weighted by Crippen LogP contribution is 2.17. The Kier molecular flexibility index (Phi) is 6.17. The van der Waals surface area contributed by atoms with E-state index in [0.717, 1.165) is 5.56 Å². The van der Waals surface area contributed by atoms with Crippen LogP contribution in [0.15, 0.2) is 78.9 Å². The van der Waals surface area contributed by atoms with Crippen molar-refractivity contribution < 1.29 is 23.5 Å². The van der Waals surface area contributed by atoms with E-state index in [0.29, 0.717) is 12.4 Å². The maximum absolute atomic E-state index is 13.0. The number of Topliss-reactive ketones (excluding diaryl/α,β-unsaturated/α-hetero) is 1. The van der Waals surface area contributed by atoms with E-state index >= 15 is 0 Å². The zero-order valence-corrected chi connectivity index (χ0v) is 15.3. The molecule has 0 aliphatic heterocycles. The molecular weight excluding hydrogens is 359 g/mol. The van der Waals surface area contributed by atoms with E-state index in [1.165, 1.54) is 31.2 Å². The van der Waals surface area contributed by atoms with Crippen molar-refractivity contribution in [1.82, 2.24) is 0 Å². The molecule has 0 saturated heterocycles. The van der Waals surface area contributed by atoms with Crippen LogP contribution in [0.4, 0.5) is 4.39 Å². The van der Waals surface area contributed by atoms with Gasteiger partial charge in [0.15, 0.2) is 6.10 Å². The van der Waals surface area contributed by atoms with Crippen LogP contribution in [-0.4, -0.2) is 17.9 Å². The van der Waals surface area contributed by atoms with Gasteiger partial charge in [-0.05, 0) is 55.0 Å². The number of ketones is 1. The molecule has 0 bridgehead atoms. The summed E-state index contributed by atoms with van der Waals surface area (Å²) in [5.74, 6) is -0.942. The maximum atomic E-state index is 13.0. The lowest BCUT2D eigenvalue weighted by Crippen LogP contribution is -2.24. The first-order valence-electron chi connectivity index (χ1n) is 8.80. The number of rotatable bonds is 7. The maximum Gasteiger partial charge on any atom is 0.338 e. The van der Waals surface area contributed by atoms with E-state index in [1.807, 2.05) is 30.3 Å². The van der Waals surface area contributed by atoms with E-state index < -0.39 is 23.7 Å². The highest BCUT2D eigenvalue weighted by atomic mass is 19.1. The van der Waals surface area contributed by atoms with Gasteiger partial charge < -0.3 is 9.47 Å². The summed E-state index contributed by atoms with van der Waals surface area (Å²) in [5.41, 5.74) is 1.57. The van der Waals surface area contributed by atoms with Gasteiger partial charge in [0.25, 0.3) is 0 Å². The van der Waals surface area contributed by atoms with Gasteiger partial charge in [-0.15, -0.1) is 0 Å². The first-order valence-corrected chi connectivity index (χ1v) is 8.80. The molecule has 4 nitrogen and oxygen atoms in total. The minimum atomic E-state index is -0.994. The molecule has 1 unspecified atom stereocenters. The first-order chi connectivity index (χ1) is 13.5. The van der Waals surface area contributed by atoms with Gasteiger partial charge >= 0.3 is 5.97 Å². The van der Waals surface area contributed by atoms with Crippen LogP contribution in [0, 0.1) is 5.82 Å². The number of carbonyl (C=O) groups is 2. The van der Waals surface area contributed by atoms with Crippen molar-refractivity contribution in [3.8, 4) is 5.75 Å². The van der Waals surface area contributed by atoms with Crippen LogP contribution in [0.2, 0.25) is 0 Å². The number of halogens is 1. The number of benzene rings is 3. The fraction of sp³-hybridized carbons (Fsp3) is 0.130.